The number of rotatable bonds is 1. The van der Waals surface area contributed by atoms with Gasteiger partial charge in [0.15, 0.2) is 0 Å². The zero-order chi connectivity index (χ0) is 12.4. The minimum atomic E-state index is 0. The van der Waals surface area contributed by atoms with Gasteiger partial charge in [0.25, 0.3) is 5.91 Å². The SMILES string of the molecule is Cc1cc(Cl)cc(C(=O)N2CCCC(N)C2)c1.Cl. The third-order valence-electron chi connectivity index (χ3n) is 3.03. The molecule has 1 unspecified atom stereocenters. The van der Waals surface area contributed by atoms with Crippen LogP contribution in [0.3, 0.4) is 0 Å². The van der Waals surface area contributed by atoms with Crippen LogP contribution in [0.25, 0.3) is 0 Å². The lowest BCUT2D eigenvalue weighted by atomic mass is 10.0. The van der Waals surface area contributed by atoms with Gasteiger partial charge in [-0.1, -0.05) is 11.6 Å². The molecule has 0 aliphatic carbocycles. The molecule has 0 aromatic heterocycles. The molecule has 1 aliphatic rings. The molecule has 0 spiro atoms. The van der Waals surface area contributed by atoms with Gasteiger partial charge in [-0.05, 0) is 43.5 Å². The lowest BCUT2D eigenvalue weighted by Crippen LogP contribution is -2.45. The van der Waals surface area contributed by atoms with E-state index in [4.69, 9.17) is 17.3 Å². The molecule has 0 saturated carbocycles. The Kier molecular flexibility index (Phi) is 5.45. The second-order valence-corrected chi connectivity index (χ2v) is 5.11. The predicted molar refractivity (Wildman–Crippen MR) is 76.5 cm³/mol. The summed E-state index contributed by atoms with van der Waals surface area (Å²) < 4.78 is 0. The van der Waals surface area contributed by atoms with Crippen molar-refractivity contribution in [3.63, 3.8) is 0 Å². The van der Waals surface area contributed by atoms with Gasteiger partial charge >= 0.3 is 0 Å². The van der Waals surface area contributed by atoms with Gasteiger partial charge in [0, 0.05) is 29.7 Å². The number of halogens is 2. The molecule has 1 heterocycles. The molecule has 5 heteroatoms. The van der Waals surface area contributed by atoms with Crippen LogP contribution in [-0.4, -0.2) is 29.9 Å². The van der Waals surface area contributed by atoms with Crippen LogP contribution < -0.4 is 5.73 Å². The molecule has 0 radical (unpaired) electrons. The molecule has 1 amide bonds. The molecule has 1 atom stereocenters. The summed E-state index contributed by atoms with van der Waals surface area (Å²) in [6.07, 6.45) is 1.98. The number of benzene rings is 1. The molecule has 1 fully saturated rings. The van der Waals surface area contributed by atoms with Gasteiger partial charge in [-0.3, -0.25) is 4.79 Å². The van der Waals surface area contributed by atoms with Crippen LogP contribution in [0.5, 0.6) is 0 Å². The maximum absolute atomic E-state index is 12.3. The number of aryl methyl sites for hydroxylation is 1. The highest BCUT2D eigenvalue weighted by atomic mass is 35.5. The average Bonchev–Trinajstić information content (AvgIpc) is 2.26. The van der Waals surface area contributed by atoms with Crippen molar-refractivity contribution in [2.75, 3.05) is 13.1 Å². The normalized spacial score (nSPS) is 19.3. The molecule has 2 rings (SSSR count). The Bertz CT molecular complexity index is 417. The monoisotopic (exact) mass is 288 g/mol. The van der Waals surface area contributed by atoms with Gasteiger partial charge in [0.05, 0.1) is 0 Å². The fourth-order valence-corrected chi connectivity index (χ4v) is 2.53. The largest absolute Gasteiger partial charge is 0.337 e. The molecule has 100 valence electrons. The molecule has 2 N–H and O–H groups in total. The van der Waals surface area contributed by atoms with E-state index in [1.165, 1.54) is 0 Å². The van der Waals surface area contributed by atoms with E-state index in [0.29, 0.717) is 17.1 Å². The minimum Gasteiger partial charge on any atom is -0.337 e. The maximum Gasteiger partial charge on any atom is 0.253 e. The van der Waals surface area contributed by atoms with Crippen LogP contribution in [0.15, 0.2) is 18.2 Å². The quantitative estimate of drug-likeness (QED) is 0.864. The van der Waals surface area contributed by atoms with E-state index >= 15 is 0 Å². The number of likely N-dealkylation sites (tertiary alicyclic amines) is 1. The second kappa shape index (κ2) is 6.41. The number of hydrogen-bond acceptors (Lipinski definition) is 2. The Morgan fingerprint density at radius 3 is 2.78 bits per heavy atom. The summed E-state index contributed by atoms with van der Waals surface area (Å²) in [4.78, 5) is 14.1. The van der Waals surface area contributed by atoms with Crippen molar-refractivity contribution < 1.29 is 4.79 Å². The van der Waals surface area contributed by atoms with Gasteiger partial charge < -0.3 is 10.6 Å². The van der Waals surface area contributed by atoms with Gasteiger partial charge in [-0.25, -0.2) is 0 Å². The van der Waals surface area contributed by atoms with Gasteiger partial charge in [0.2, 0.25) is 0 Å². The standard InChI is InChI=1S/C13H17ClN2O.ClH/c1-9-5-10(7-11(14)6-9)13(17)16-4-2-3-12(15)8-16;/h5-7,12H,2-4,8,15H2,1H3;1H. The highest BCUT2D eigenvalue weighted by Gasteiger charge is 2.22. The van der Waals surface area contributed by atoms with E-state index in [-0.39, 0.29) is 24.4 Å². The summed E-state index contributed by atoms with van der Waals surface area (Å²) in [7, 11) is 0. The first kappa shape index (κ1) is 15.3. The number of carbonyl (C=O) groups excluding carboxylic acids is 1. The van der Waals surface area contributed by atoms with Crippen molar-refractivity contribution in [1.82, 2.24) is 4.90 Å². The summed E-state index contributed by atoms with van der Waals surface area (Å²) in [6, 6.07) is 5.54. The molecule has 1 aromatic carbocycles. The van der Waals surface area contributed by atoms with Gasteiger partial charge in [-0.15, -0.1) is 12.4 Å². The Morgan fingerprint density at radius 2 is 2.17 bits per heavy atom. The Balaban J connectivity index is 0.00000162. The van der Waals surface area contributed by atoms with E-state index in [0.717, 1.165) is 24.9 Å². The first-order valence-corrected chi connectivity index (χ1v) is 6.26. The van der Waals surface area contributed by atoms with Crippen molar-refractivity contribution in [2.24, 2.45) is 5.73 Å². The summed E-state index contributed by atoms with van der Waals surface area (Å²) in [5.74, 6) is 0.0331. The number of carbonyl (C=O) groups is 1. The fourth-order valence-electron chi connectivity index (χ4n) is 2.24. The molecule has 1 aromatic rings. The molecular formula is C13H18Cl2N2O. The predicted octanol–water partition coefficient (Wildman–Crippen LogP) is 2.63. The van der Waals surface area contributed by atoms with E-state index < -0.39 is 0 Å². The van der Waals surface area contributed by atoms with Crippen LogP contribution in [0, 0.1) is 6.92 Å². The summed E-state index contributed by atoms with van der Waals surface area (Å²) in [6.45, 7) is 3.37. The fraction of sp³-hybridized carbons (Fsp3) is 0.462. The van der Waals surface area contributed by atoms with Gasteiger partial charge in [-0.2, -0.15) is 0 Å². The van der Waals surface area contributed by atoms with Crippen LogP contribution >= 0.6 is 24.0 Å². The highest BCUT2D eigenvalue weighted by Crippen LogP contribution is 2.18. The average molecular weight is 289 g/mol. The topological polar surface area (TPSA) is 46.3 Å². The number of nitrogens with zero attached hydrogens (tertiary/aromatic N) is 1. The Morgan fingerprint density at radius 1 is 1.44 bits per heavy atom. The number of piperidine rings is 1. The smallest absolute Gasteiger partial charge is 0.253 e. The first-order chi connectivity index (χ1) is 8.06. The molecule has 3 nitrogen and oxygen atoms in total. The zero-order valence-corrected chi connectivity index (χ0v) is 11.9. The first-order valence-electron chi connectivity index (χ1n) is 5.88. The second-order valence-electron chi connectivity index (χ2n) is 4.67. The van der Waals surface area contributed by atoms with Crippen molar-refractivity contribution in [1.29, 1.82) is 0 Å². The third-order valence-corrected chi connectivity index (χ3v) is 3.25. The van der Waals surface area contributed by atoms with Crippen molar-refractivity contribution >= 4 is 29.9 Å². The molecular weight excluding hydrogens is 271 g/mol. The number of amides is 1. The van der Waals surface area contributed by atoms with E-state index in [1.807, 2.05) is 24.0 Å². The van der Waals surface area contributed by atoms with Crippen molar-refractivity contribution in [3.8, 4) is 0 Å². The lowest BCUT2D eigenvalue weighted by molar-refractivity contribution is 0.0708. The van der Waals surface area contributed by atoms with Crippen LogP contribution in [-0.2, 0) is 0 Å². The summed E-state index contributed by atoms with van der Waals surface area (Å²) in [5, 5.41) is 0.606. The highest BCUT2D eigenvalue weighted by molar-refractivity contribution is 6.31. The Labute approximate surface area is 119 Å². The van der Waals surface area contributed by atoms with Crippen molar-refractivity contribution in [2.45, 2.75) is 25.8 Å². The van der Waals surface area contributed by atoms with E-state index in [9.17, 15) is 4.79 Å². The maximum atomic E-state index is 12.3. The molecule has 1 aliphatic heterocycles. The summed E-state index contributed by atoms with van der Waals surface area (Å²) >= 11 is 5.97. The number of nitrogens with two attached hydrogens (primary N) is 1. The summed E-state index contributed by atoms with van der Waals surface area (Å²) in [5.41, 5.74) is 7.54. The Hall–Kier alpha value is -0.770. The number of hydrogen-bond donors (Lipinski definition) is 1. The van der Waals surface area contributed by atoms with E-state index in [2.05, 4.69) is 0 Å². The van der Waals surface area contributed by atoms with E-state index in [1.54, 1.807) is 6.07 Å². The van der Waals surface area contributed by atoms with Crippen molar-refractivity contribution in [3.05, 3.63) is 34.3 Å². The van der Waals surface area contributed by atoms with Crippen LogP contribution in [0.1, 0.15) is 28.8 Å². The molecule has 18 heavy (non-hydrogen) atoms. The lowest BCUT2D eigenvalue weighted by Gasteiger charge is -2.30. The molecule has 1 saturated heterocycles. The van der Waals surface area contributed by atoms with Crippen LogP contribution in [0.2, 0.25) is 5.02 Å². The molecule has 0 bridgehead atoms. The zero-order valence-electron chi connectivity index (χ0n) is 10.4. The van der Waals surface area contributed by atoms with Gasteiger partial charge in [0.1, 0.15) is 0 Å². The van der Waals surface area contributed by atoms with Crippen LogP contribution in [0.4, 0.5) is 0 Å². The third kappa shape index (κ3) is 3.61. The minimum absolute atomic E-state index is 0.